The van der Waals surface area contributed by atoms with Crippen molar-refractivity contribution < 1.29 is 9.94 Å². The zero-order valence-electron chi connectivity index (χ0n) is 8.31. The fourth-order valence-electron chi connectivity index (χ4n) is 0.927. The van der Waals surface area contributed by atoms with E-state index in [0.717, 1.165) is 5.56 Å². The van der Waals surface area contributed by atoms with Crippen LogP contribution in [-0.2, 0) is 4.84 Å². The molecule has 0 aliphatic carbocycles. The molecule has 75 valence electrons. The molecule has 0 fully saturated rings. The van der Waals surface area contributed by atoms with Crippen LogP contribution in [0.4, 0.5) is 0 Å². The van der Waals surface area contributed by atoms with Crippen LogP contribution in [0.5, 0.6) is 0 Å². The first kappa shape index (κ1) is 10.9. The van der Waals surface area contributed by atoms with Gasteiger partial charge < -0.3 is 9.94 Å². The van der Waals surface area contributed by atoms with Crippen molar-refractivity contribution in [2.45, 2.75) is 0 Å². The fraction of sp³-hybridized carbons (Fsp3) is 0.182. The molecule has 0 atom stereocenters. The van der Waals surface area contributed by atoms with E-state index in [2.05, 4.69) is 0 Å². The van der Waals surface area contributed by atoms with Crippen molar-refractivity contribution in [3.8, 4) is 0 Å². The smallest absolute Gasteiger partial charge is 0.0574 e. The summed E-state index contributed by atoms with van der Waals surface area (Å²) >= 11 is 0. The number of likely N-dealkylation sites (N-methyl/N-ethyl adjacent to an activating group) is 1. The summed E-state index contributed by atoms with van der Waals surface area (Å²) in [7, 11) is 3.02. The van der Waals surface area contributed by atoms with Gasteiger partial charge in [-0.2, -0.15) is 5.06 Å². The number of nitrogens with zero attached hydrogens (tertiary/aromatic N) is 1. The number of hydrogen-bond donors (Lipinski definition) is 0. The van der Waals surface area contributed by atoms with Gasteiger partial charge in [-0.15, -0.1) is 0 Å². The molecule has 0 aromatic heterocycles. The maximum atomic E-state index is 11.3. The van der Waals surface area contributed by atoms with Crippen molar-refractivity contribution in [2.75, 3.05) is 14.2 Å². The van der Waals surface area contributed by atoms with E-state index in [1.807, 2.05) is 30.3 Å². The Morgan fingerprint density at radius 3 is 2.57 bits per heavy atom. The average Bonchev–Trinajstić information content (AvgIpc) is 2.26. The molecule has 0 bridgehead atoms. The van der Waals surface area contributed by atoms with Gasteiger partial charge in [-0.1, -0.05) is 42.5 Å². The minimum atomic E-state index is -0.184. The van der Waals surface area contributed by atoms with Crippen molar-refractivity contribution >= 4 is 6.08 Å². The van der Waals surface area contributed by atoms with E-state index in [9.17, 15) is 5.11 Å². The first-order valence-corrected chi connectivity index (χ1v) is 4.29. The molecular weight excluding hydrogens is 178 g/mol. The third-order valence-corrected chi connectivity index (χ3v) is 1.80. The highest BCUT2D eigenvalue weighted by atomic mass is 16.7. The summed E-state index contributed by atoms with van der Waals surface area (Å²) in [5.41, 5.74) is 0.991. The Kier molecular flexibility index (Phi) is 4.32. The molecule has 0 saturated carbocycles. The van der Waals surface area contributed by atoms with Crippen LogP contribution >= 0.6 is 0 Å². The van der Waals surface area contributed by atoms with Crippen LogP contribution in [0.25, 0.3) is 6.08 Å². The Morgan fingerprint density at radius 1 is 1.36 bits per heavy atom. The molecule has 1 aromatic carbocycles. The topological polar surface area (TPSA) is 35.5 Å². The van der Waals surface area contributed by atoms with E-state index in [0.29, 0.717) is 0 Å². The highest BCUT2D eigenvalue weighted by Gasteiger charge is 1.95. The van der Waals surface area contributed by atoms with Crippen molar-refractivity contribution in [3.05, 3.63) is 48.2 Å². The molecule has 14 heavy (non-hydrogen) atoms. The molecule has 0 N–H and O–H groups in total. The van der Waals surface area contributed by atoms with E-state index >= 15 is 0 Å². The summed E-state index contributed by atoms with van der Waals surface area (Å²) in [6, 6.07) is 9.63. The minimum absolute atomic E-state index is 0.184. The Morgan fingerprint density at radius 2 is 2.00 bits per heavy atom. The second-order valence-corrected chi connectivity index (χ2v) is 2.76. The second-order valence-electron chi connectivity index (χ2n) is 2.76. The Bertz CT molecular complexity index is 285. The van der Waals surface area contributed by atoms with E-state index in [-0.39, 0.29) is 6.23 Å². The molecule has 1 aromatic rings. The quantitative estimate of drug-likeness (QED) is 0.667. The SMILES string of the molecule is CON(C)[C]([O-])C=Cc1ccccc1. The Balaban J connectivity index is 2.56. The van der Waals surface area contributed by atoms with Gasteiger partial charge in [-0.05, 0) is 11.8 Å². The van der Waals surface area contributed by atoms with Crippen LogP contribution in [0.15, 0.2) is 36.4 Å². The standard InChI is InChI=1S/C11H13NO2/c1-12(14-2)11(13)9-8-10-6-4-3-5-7-10/h3-9H,1-2H3/q-1. The van der Waals surface area contributed by atoms with Gasteiger partial charge in [0.15, 0.2) is 0 Å². The first-order valence-electron chi connectivity index (χ1n) is 4.29. The van der Waals surface area contributed by atoms with E-state index in [1.54, 1.807) is 13.1 Å². The maximum absolute atomic E-state index is 11.3. The third-order valence-electron chi connectivity index (χ3n) is 1.80. The van der Waals surface area contributed by atoms with Crippen LogP contribution in [0.2, 0.25) is 0 Å². The number of hydrogen-bond acceptors (Lipinski definition) is 3. The molecular formula is C11H13NO2-. The zero-order valence-corrected chi connectivity index (χ0v) is 8.31. The predicted molar refractivity (Wildman–Crippen MR) is 53.5 cm³/mol. The summed E-state index contributed by atoms with van der Waals surface area (Å²) in [4.78, 5) is 4.73. The van der Waals surface area contributed by atoms with Gasteiger partial charge in [0.05, 0.1) is 7.11 Å². The highest BCUT2D eigenvalue weighted by molar-refractivity contribution is 5.50. The molecule has 0 heterocycles. The first-order chi connectivity index (χ1) is 6.74. The monoisotopic (exact) mass is 191 g/mol. The molecule has 1 radical (unpaired) electrons. The molecule has 0 unspecified atom stereocenters. The van der Waals surface area contributed by atoms with Crippen LogP contribution in [0.1, 0.15) is 5.56 Å². The van der Waals surface area contributed by atoms with Crippen molar-refractivity contribution in [1.29, 1.82) is 0 Å². The van der Waals surface area contributed by atoms with Crippen LogP contribution in [0.3, 0.4) is 0 Å². The van der Waals surface area contributed by atoms with Gasteiger partial charge in [-0.3, -0.25) is 0 Å². The second kappa shape index (κ2) is 5.54. The Labute approximate surface area is 84.2 Å². The van der Waals surface area contributed by atoms with Gasteiger partial charge >= 0.3 is 0 Å². The van der Waals surface area contributed by atoms with Crippen LogP contribution in [-0.4, -0.2) is 19.2 Å². The predicted octanol–water partition coefficient (Wildman–Crippen LogP) is 1.04. The molecule has 3 nitrogen and oxygen atoms in total. The summed E-state index contributed by atoms with van der Waals surface area (Å²) in [6.07, 6.45) is 3.04. The van der Waals surface area contributed by atoms with Gasteiger partial charge in [0.25, 0.3) is 0 Å². The normalized spacial score (nSPS) is 11.8. The largest absolute Gasteiger partial charge is 0.833 e. The number of hydroxylamine groups is 2. The molecule has 0 aliphatic heterocycles. The molecule has 1 rings (SSSR count). The molecule has 0 spiro atoms. The number of benzene rings is 1. The summed E-state index contributed by atoms with van der Waals surface area (Å²) < 4.78 is 0. The fourth-order valence-corrected chi connectivity index (χ4v) is 0.927. The van der Waals surface area contributed by atoms with Crippen molar-refractivity contribution in [1.82, 2.24) is 5.06 Å². The van der Waals surface area contributed by atoms with Gasteiger partial charge in [0, 0.05) is 7.05 Å². The van der Waals surface area contributed by atoms with E-state index in [4.69, 9.17) is 4.84 Å². The summed E-state index contributed by atoms with van der Waals surface area (Å²) in [5.74, 6) is 0. The minimum Gasteiger partial charge on any atom is -0.833 e. The lowest BCUT2D eigenvalue weighted by Gasteiger charge is -2.26. The van der Waals surface area contributed by atoms with E-state index < -0.39 is 0 Å². The molecule has 0 saturated heterocycles. The average molecular weight is 191 g/mol. The maximum Gasteiger partial charge on any atom is 0.0574 e. The van der Waals surface area contributed by atoms with Gasteiger partial charge in [0.2, 0.25) is 0 Å². The van der Waals surface area contributed by atoms with Crippen molar-refractivity contribution in [2.24, 2.45) is 0 Å². The summed E-state index contributed by atoms with van der Waals surface area (Å²) in [5, 5.41) is 12.4. The lowest BCUT2D eigenvalue weighted by Crippen LogP contribution is -2.31. The Hall–Kier alpha value is -1.16. The highest BCUT2D eigenvalue weighted by Crippen LogP contribution is 2.05. The lowest BCUT2D eigenvalue weighted by molar-refractivity contribution is -0.406. The molecule has 0 amide bonds. The lowest BCUT2D eigenvalue weighted by atomic mass is 10.2. The zero-order chi connectivity index (χ0) is 10.4. The van der Waals surface area contributed by atoms with Crippen LogP contribution < -0.4 is 5.11 Å². The summed E-state index contributed by atoms with van der Waals surface area (Å²) in [6.45, 7) is 0. The molecule has 0 aliphatic rings. The van der Waals surface area contributed by atoms with Gasteiger partial charge in [-0.25, -0.2) is 0 Å². The third kappa shape index (κ3) is 3.30. The van der Waals surface area contributed by atoms with Gasteiger partial charge in [0.1, 0.15) is 0 Å². The van der Waals surface area contributed by atoms with Crippen LogP contribution in [0, 0.1) is 6.23 Å². The number of rotatable bonds is 4. The van der Waals surface area contributed by atoms with E-state index in [1.165, 1.54) is 18.2 Å². The molecule has 3 heteroatoms. The van der Waals surface area contributed by atoms with Crippen molar-refractivity contribution in [3.63, 3.8) is 0 Å².